The summed E-state index contributed by atoms with van der Waals surface area (Å²) in [5.74, 6) is 1.14. The SMILES string of the molecule is CC1C(C2CC2)N1CC(=O)N(C)C. The maximum atomic E-state index is 11.4. The van der Waals surface area contributed by atoms with Gasteiger partial charge in [-0.2, -0.15) is 0 Å². The molecule has 2 rings (SSSR count). The van der Waals surface area contributed by atoms with Crippen molar-refractivity contribution in [3.63, 3.8) is 0 Å². The van der Waals surface area contributed by atoms with E-state index in [1.54, 1.807) is 4.90 Å². The van der Waals surface area contributed by atoms with Gasteiger partial charge in [0.25, 0.3) is 0 Å². The van der Waals surface area contributed by atoms with Crippen molar-refractivity contribution in [2.24, 2.45) is 5.92 Å². The van der Waals surface area contributed by atoms with Crippen LogP contribution in [-0.4, -0.2) is 48.4 Å². The highest BCUT2D eigenvalue weighted by Gasteiger charge is 2.52. The second-order valence-electron chi connectivity index (χ2n) is 4.53. The van der Waals surface area contributed by atoms with Crippen molar-refractivity contribution in [1.29, 1.82) is 0 Å². The molecule has 1 saturated heterocycles. The molecule has 1 amide bonds. The van der Waals surface area contributed by atoms with Crippen LogP contribution in [-0.2, 0) is 4.79 Å². The van der Waals surface area contributed by atoms with E-state index in [0.717, 1.165) is 12.0 Å². The smallest absolute Gasteiger partial charge is 0.236 e. The standard InChI is InChI=1S/C10H18N2O/c1-7-10(8-4-5-8)12(7)6-9(13)11(2)3/h7-8,10H,4-6H2,1-3H3. The fourth-order valence-electron chi connectivity index (χ4n) is 2.08. The summed E-state index contributed by atoms with van der Waals surface area (Å²) in [6, 6.07) is 1.38. The first-order valence-electron chi connectivity index (χ1n) is 5.07. The van der Waals surface area contributed by atoms with Crippen LogP contribution in [0.2, 0.25) is 0 Å². The number of nitrogens with zero attached hydrogens (tertiary/aromatic N) is 2. The van der Waals surface area contributed by atoms with Gasteiger partial charge < -0.3 is 4.90 Å². The van der Waals surface area contributed by atoms with Gasteiger partial charge in [0.2, 0.25) is 5.91 Å². The molecule has 74 valence electrons. The van der Waals surface area contributed by atoms with Crippen LogP contribution in [0.15, 0.2) is 0 Å². The van der Waals surface area contributed by atoms with Gasteiger partial charge in [-0.3, -0.25) is 9.69 Å². The summed E-state index contributed by atoms with van der Waals surface area (Å²) < 4.78 is 0. The van der Waals surface area contributed by atoms with Crippen LogP contribution in [0.1, 0.15) is 19.8 Å². The summed E-state index contributed by atoms with van der Waals surface area (Å²) in [4.78, 5) is 15.4. The molecule has 13 heavy (non-hydrogen) atoms. The van der Waals surface area contributed by atoms with E-state index in [0.29, 0.717) is 12.6 Å². The van der Waals surface area contributed by atoms with Crippen molar-refractivity contribution < 1.29 is 4.79 Å². The van der Waals surface area contributed by atoms with Crippen molar-refractivity contribution in [3.8, 4) is 0 Å². The zero-order valence-corrected chi connectivity index (χ0v) is 8.66. The van der Waals surface area contributed by atoms with Crippen molar-refractivity contribution >= 4 is 5.91 Å². The third kappa shape index (κ3) is 1.70. The molecule has 2 aliphatic rings. The summed E-state index contributed by atoms with van der Waals surface area (Å²) in [6.45, 7) is 2.85. The molecule has 0 aromatic rings. The molecule has 3 nitrogen and oxygen atoms in total. The lowest BCUT2D eigenvalue weighted by Gasteiger charge is -2.10. The Morgan fingerprint density at radius 3 is 2.54 bits per heavy atom. The molecule has 1 aliphatic heterocycles. The van der Waals surface area contributed by atoms with Crippen LogP contribution in [0, 0.1) is 5.92 Å². The van der Waals surface area contributed by atoms with Gasteiger partial charge in [0.1, 0.15) is 0 Å². The maximum Gasteiger partial charge on any atom is 0.236 e. The Bertz CT molecular complexity index is 223. The lowest BCUT2D eigenvalue weighted by Crippen LogP contribution is -2.29. The molecule has 1 aliphatic carbocycles. The molecule has 1 saturated carbocycles. The second kappa shape index (κ2) is 2.98. The molecule has 2 fully saturated rings. The Morgan fingerprint density at radius 2 is 2.08 bits per heavy atom. The fourth-order valence-corrected chi connectivity index (χ4v) is 2.08. The van der Waals surface area contributed by atoms with Crippen LogP contribution in [0.5, 0.6) is 0 Å². The van der Waals surface area contributed by atoms with Crippen LogP contribution in [0.25, 0.3) is 0 Å². The molecule has 0 aromatic heterocycles. The van der Waals surface area contributed by atoms with E-state index in [4.69, 9.17) is 0 Å². The van der Waals surface area contributed by atoms with Gasteiger partial charge in [-0.15, -0.1) is 0 Å². The molecular weight excluding hydrogens is 164 g/mol. The molecule has 3 atom stereocenters. The summed E-state index contributed by atoms with van der Waals surface area (Å²) in [5.41, 5.74) is 0. The van der Waals surface area contributed by atoms with Gasteiger partial charge in [-0.25, -0.2) is 0 Å². The predicted octanol–water partition coefficient (Wildman–Crippen LogP) is 0.557. The van der Waals surface area contributed by atoms with Gasteiger partial charge in [0.15, 0.2) is 0 Å². The Kier molecular flexibility index (Phi) is 2.06. The van der Waals surface area contributed by atoms with E-state index in [-0.39, 0.29) is 5.91 Å². The maximum absolute atomic E-state index is 11.4. The largest absolute Gasteiger partial charge is 0.348 e. The van der Waals surface area contributed by atoms with E-state index >= 15 is 0 Å². The van der Waals surface area contributed by atoms with Gasteiger partial charge in [0.05, 0.1) is 6.54 Å². The number of carbonyl (C=O) groups is 1. The third-order valence-electron chi connectivity index (χ3n) is 3.23. The first-order valence-corrected chi connectivity index (χ1v) is 5.07. The lowest BCUT2D eigenvalue weighted by molar-refractivity contribution is -0.128. The van der Waals surface area contributed by atoms with Crippen molar-refractivity contribution in [2.45, 2.75) is 31.8 Å². The Morgan fingerprint density at radius 1 is 1.46 bits per heavy atom. The first kappa shape index (κ1) is 9.00. The quantitative estimate of drug-likeness (QED) is 0.595. The van der Waals surface area contributed by atoms with Gasteiger partial charge in [-0.1, -0.05) is 0 Å². The van der Waals surface area contributed by atoms with Crippen LogP contribution in [0.3, 0.4) is 0 Å². The summed E-state index contributed by atoms with van der Waals surface area (Å²) >= 11 is 0. The number of amides is 1. The van der Waals surface area contributed by atoms with Crippen molar-refractivity contribution in [1.82, 2.24) is 9.80 Å². The van der Waals surface area contributed by atoms with Crippen molar-refractivity contribution in [2.75, 3.05) is 20.6 Å². The van der Waals surface area contributed by atoms with Crippen molar-refractivity contribution in [3.05, 3.63) is 0 Å². The number of hydrogen-bond donors (Lipinski definition) is 0. The van der Waals surface area contributed by atoms with E-state index < -0.39 is 0 Å². The Labute approximate surface area is 79.7 Å². The average molecular weight is 182 g/mol. The molecule has 3 unspecified atom stereocenters. The molecule has 0 radical (unpaired) electrons. The minimum Gasteiger partial charge on any atom is -0.348 e. The molecule has 0 bridgehead atoms. The first-order chi connectivity index (χ1) is 6.11. The number of carbonyl (C=O) groups excluding carboxylic acids is 1. The van der Waals surface area contributed by atoms with Crippen LogP contribution < -0.4 is 0 Å². The molecule has 0 N–H and O–H groups in total. The topological polar surface area (TPSA) is 23.3 Å². The Balaban J connectivity index is 1.80. The average Bonchev–Trinajstić information content (AvgIpc) is 2.90. The molecule has 0 aromatic carbocycles. The third-order valence-corrected chi connectivity index (χ3v) is 3.23. The van der Waals surface area contributed by atoms with E-state index in [1.165, 1.54) is 12.8 Å². The van der Waals surface area contributed by atoms with E-state index in [1.807, 2.05) is 14.1 Å². The monoisotopic (exact) mass is 182 g/mol. The molecule has 1 heterocycles. The Hall–Kier alpha value is -0.570. The number of hydrogen-bond acceptors (Lipinski definition) is 2. The summed E-state index contributed by atoms with van der Waals surface area (Å²) in [5, 5.41) is 0. The predicted molar refractivity (Wildman–Crippen MR) is 51.4 cm³/mol. The number of rotatable bonds is 3. The highest BCUT2D eigenvalue weighted by atomic mass is 16.2. The fraction of sp³-hybridized carbons (Fsp3) is 0.900. The number of likely N-dealkylation sites (N-methyl/N-ethyl adjacent to an activating group) is 1. The minimum absolute atomic E-state index is 0.231. The molecular formula is C10H18N2O. The minimum atomic E-state index is 0.231. The lowest BCUT2D eigenvalue weighted by atomic mass is 10.2. The van der Waals surface area contributed by atoms with E-state index in [9.17, 15) is 4.79 Å². The van der Waals surface area contributed by atoms with Crippen LogP contribution in [0.4, 0.5) is 0 Å². The normalized spacial score (nSPS) is 37.3. The zero-order valence-electron chi connectivity index (χ0n) is 8.66. The van der Waals surface area contributed by atoms with Gasteiger partial charge in [-0.05, 0) is 25.7 Å². The van der Waals surface area contributed by atoms with Crippen LogP contribution >= 0.6 is 0 Å². The highest BCUT2D eigenvalue weighted by molar-refractivity contribution is 5.78. The highest BCUT2D eigenvalue weighted by Crippen LogP contribution is 2.46. The van der Waals surface area contributed by atoms with E-state index in [2.05, 4.69) is 11.8 Å². The second-order valence-corrected chi connectivity index (χ2v) is 4.53. The molecule has 3 heteroatoms. The van der Waals surface area contributed by atoms with Gasteiger partial charge >= 0.3 is 0 Å². The zero-order chi connectivity index (χ0) is 9.59. The summed E-state index contributed by atoms with van der Waals surface area (Å²) in [6.07, 6.45) is 2.75. The summed E-state index contributed by atoms with van der Waals surface area (Å²) in [7, 11) is 3.64. The molecule has 0 spiro atoms. The van der Waals surface area contributed by atoms with Gasteiger partial charge in [0, 0.05) is 26.2 Å².